The van der Waals surface area contributed by atoms with Gasteiger partial charge in [-0.25, -0.2) is 4.98 Å². The fraction of sp³-hybridized carbons (Fsp3) is 0.345. The van der Waals surface area contributed by atoms with Crippen LogP contribution in [0.25, 0.3) is 33.4 Å². The summed E-state index contributed by atoms with van der Waals surface area (Å²) in [6.45, 7) is 5.53. The number of nitrogens with one attached hydrogen (secondary N) is 1. The minimum atomic E-state index is 0.0850. The smallest absolute Gasteiger partial charge is 0.253 e. The largest absolute Gasteiger partial charge is 0.496 e. The van der Waals surface area contributed by atoms with Crippen molar-refractivity contribution in [1.82, 2.24) is 29.9 Å². The molecule has 2 aromatic carbocycles. The van der Waals surface area contributed by atoms with E-state index in [2.05, 4.69) is 45.1 Å². The molecule has 1 saturated heterocycles. The van der Waals surface area contributed by atoms with Gasteiger partial charge in [0, 0.05) is 54.5 Å². The van der Waals surface area contributed by atoms with Crippen molar-refractivity contribution >= 4 is 16.9 Å². The van der Waals surface area contributed by atoms with Gasteiger partial charge in [-0.05, 0) is 69.5 Å². The van der Waals surface area contributed by atoms with Crippen LogP contribution in [0.2, 0.25) is 0 Å². The molecule has 0 radical (unpaired) electrons. The zero-order chi connectivity index (χ0) is 25.8. The van der Waals surface area contributed by atoms with Crippen LogP contribution in [0.1, 0.15) is 16.8 Å². The fourth-order valence-electron chi connectivity index (χ4n) is 4.91. The number of aromatic nitrogens is 3. The molecule has 0 atom stereocenters. The van der Waals surface area contributed by atoms with E-state index in [9.17, 15) is 4.79 Å². The third-order valence-electron chi connectivity index (χ3n) is 6.97. The number of amides is 1. The van der Waals surface area contributed by atoms with E-state index in [1.165, 1.54) is 0 Å². The zero-order valence-electron chi connectivity index (χ0n) is 21.8. The van der Waals surface area contributed by atoms with Crippen LogP contribution < -0.4 is 4.74 Å². The number of pyridine rings is 1. The predicted octanol–water partition coefficient (Wildman–Crippen LogP) is 4.01. The Hall–Kier alpha value is -3.75. The number of carbonyl (C=O) groups is 1. The first-order valence-corrected chi connectivity index (χ1v) is 12.8. The number of hydrogen-bond acceptors (Lipinski definition) is 6. The van der Waals surface area contributed by atoms with Crippen molar-refractivity contribution in [3.05, 3.63) is 66.4 Å². The average Bonchev–Trinajstić information content (AvgIpc) is 3.36. The molecule has 37 heavy (non-hydrogen) atoms. The first kappa shape index (κ1) is 24.9. The number of ether oxygens (including phenoxy) is 1. The number of benzene rings is 2. The van der Waals surface area contributed by atoms with Gasteiger partial charge in [-0.2, -0.15) is 5.10 Å². The molecule has 8 heteroatoms. The number of carbonyl (C=O) groups excluding carboxylic acids is 1. The fourth-order valence-corrected chi connectivity index (χ4v) is 4.91. The molecule has 1 fully saturated rings. The summed E-state index contributed by atoms with van der Waals surface area (Å²) in [5.74, 6) is 0.852. The molecular formula is C29H34N6O2. The number of rotatable bonds is 8. The van der Waals surface area contributed by atoms with E-state index in [0.29, 0.717) is 11.2 Å². The first-order valence-electron chi connectivity index (χ1n) is 12.8. The summed E-state index contributed by atoms with van der Waals surface area (Å²) in [7, 11) is 5.87. The second kappa shape index (κ2) is 11.1. The number of fused-ring (bicyclic) bond motifs is 1. The monoisotopic (exact) mass is 498 g/mol. The van der Waals surface area contributed by atoms with E-state index in [-0.39, 0.29) is 5.91 Å². The van der Waals surface area contributed by atoms with E-state index in [1.807, 2.05) is 59.6 Å². The van der Waals surface area contributed by atoms with Crippen LogP contribution in [0.3, 0.4) is 0 Å². The number of para-hydroxylation sites is 1. The van der Waals surface area contributed by atoms with Crippen molar-refractivity contribution in [2.45, 2.75) is 6.42 Å². The standard InChI is InChI=1S/C29H34N6O2/c1-33(2)12-7-13-34-14-16-35(17-15-34)29(36)22-9-6-8-21(18-22)23-19-25-27(31-32-28(25)30-20-23)24-10-4-5-11-26(24)37-3/h4-6,8-11,18-20H,7,12-17H2,1-3H3,(H,30,31,32). The van der Waals surface area contributed by atoms with Crippen molar-refractivity contribution in [1.29, 1.82) is 0 Å². The summed E-state index contributed by atoms with van der Waals surface area (Å²) in [6.07, 6.45) is 2.96. The highest BCUT2D eigenvalue weighted by atomic mass is 16.5. The Morgan fingerprint density at radius 2 is 1.84 bits per heavy atom. The number of methoxy groups -OCH3 is 1. The molecule has 1 aliphatic heterocycles. The second-order valence-corrected chi connectivity index (χ2v) is 9.77. The van der Waals surface area contributed by atoms with Gasteiger partial charge >= 0.3 is 0 Å². The van der Waals surface area contributed by atoms with Gasteiger partial charge in [0.1, 0.15) is 5.75 Å². The molecule has 0 saturated carbocycles. The maximum atomic E-state index is 13.3. The number of piperazine rings is 1. The van der Waals surface area contributed by atoms with E-state index in [4.69, 9.17) is 4.74 Å². The van der Waals surface area contributed by atoms with E-state index < -0.39 is 0 Å². The molecule has 192 valence electrons. The Kier molecular flexibility index (Phi) is 7.48. The van der Waals surface area contributed by atoms with Gasteiger partial charge in [-0.15, -0.1) is 0 Å². The number of aromatic amines is 1. The van der Waals surface area contributed by atoms with Gasteiger partial charge in [0.2, 0.25) is 0 Å². The van der Waals surface area contributed by atoms with Gasteiger partial charge in [-0.1, -0.05) is 24.3 Å². The lowest BCUT2D eigenvalue weighted by Gasteiger charge is -2.35. The number of H-pyrrole nitrogens is 1. The molecule has 5 rings (SSSR count). The molecule has 1 amide bonds. The normalized spacial score (nSPS) is 14.4. The Balaban J connectivity index is 1.33. The molecule has 8 nitrogen and oxygen atoms in total. The maximum absolute atomic E-state index is 13.3. The highest BCUT2D eigenvalue weighted by Gasteiger charge is 2.22. The Morgan fingerprint density at radius 1 is 1.03 bits per heavy atom. The molecule has 3 heterocycles. The highest BCUT2D eigenvalue weighted by molar-refractivity contribution is 5.97. The summed E-state index contributed by atoms with van der Waals surface area (Å²) in [6, 6.07) is 17.8. The van der Waals surface area contributed by atoms with Gasteiger partial charge in [0.15, 0.2) is 5.65 Å². The molecule has 4 aromatic rings. The SMILES string of the molecule is COc1ccccc1-c1[nH]nc2ncc(-c3cccc(C(=O)N4CCN(CCCN(C)C)CC4)c3)cc12. The quantitative estimate of drug-likeness (QED) is 0.396. The zero-order valence-corrected chi connectivity index (χ0v) is 21.8. The molecule has 0 spiro atoms. The molecule has 2 aromatic heterocycles. The summed E-state index contributed by atoms with van der Waals surface area (Å²) in [5.41, 5.74) is 5.02. The Bertz CT molecular complexity index is 1370. The lowest BCUT2D eigenvalue weighted by molar-refractivity contribution is 0.0634. The van der Waals surface area contributed by atoms with Crippen LogP contribution >= 0.6 is 0 Å². The highest BCUT2D eigenvalue weighted by Crippen LogP contribution is 2.34. The van der Waals surface area contributed by atoms with Crippen LogP contribution in [0, 0.1) is 0 Å². The van der Waals surface area contributed by atoms with Gasteiger partial charge in [0.25, 0.3) is 5.91 Å². The maximum Gasteiger partial charge on any atom is 0.253 e. The van der Waals surface area contributed by atoms with Gasteiger partial charge in [0.05, 0.1) is 12.8 Å². The predicted molar refractivity (Wildman–Crippen MR) is 147 cm³/mol. The van der Waals surface area contributed by atoms with Crippen molar-refractivity contribution < 1.29 is 9.53 Å². The number of hydrogen-bond donors (Lipinski definition) is 1. The summed E-state index contributed by atoms with van der Waals surface area (Å²) in [5, 5.41) is 8.41. The van der Waals surface area contributed by atoms with Crippen molar-refractivity contribution in [2.75, 3.05) is 60.5 Å². The van der Waals surface area contributed by atoms with Crippen LogP contribution in [0.15, 0.2) is 60.8 Å². The molecule has 0 unspecified atom stereocenters. The van der Waals surface area contributed by atoms with E-state index in [0.717, 1.165) is 79.2 Å². The van der Waals surface area contributed by atoms with Gasteiger partial charge < -0.3 is 14.5 Å². The Labute approximate surface area is 217 Å². The van der Waals surface area contributed by atoms with Crippen LogP contribution in [-0.4, -0.2) is 96.3 Å². The molecule has 0 bridgehead atoms. The molecule has 0 aliphatic carbocycles. The Morgan fingerprint density at radius 3 is 2.62 bits per heavy atom. The first-order chi connectivity index (χ1) is 18.0. The van der Waals surface area contributed by atoms with E-state index in [1.54, 1.807) is 7.11 Å². The van der Waals surface area contributed by atoms with Crippen LogP contribution in [0.5, 0.6) is 5.75 Å². The summed E-state index contributed by atoms with van der Waals surface area (Å²) < 4.78 is 5.55. The van der Waals surface area contributed by atoms with Crippen molar-refractivity contribution in [3.63, 3.8) is 0 Å². The third-order valence-corrected chi connectivity index (χ3v) is 6.97. The topological polar surface area (TPSA) is 77.6 Å². The van der Waals surface area contributed by atoms with Crippen LogP contribution in [0.4, 0.5) is 0 Å². The summed E-state index contributed by atoms with van der Waals surface area (Å²) in [4.78, 5) is 24.5. The third kappa shape index (κ3) is 5.50. The molecular weight excluding hydrogens is 464 g/mol. The summed E-state index contributed by atoms with van der Waals surface area (Å²) >= 11 is 0. The second-order valence-electron chi connectivity index (χ2n) is 9.77. The lowest BCUT2D eigenvalue weighted by atomic mass is 10.0. The van der Waals surface area contributed by atoms with Gasteiger partial charge in [-0.3, -0.25) is 14.8 Å². The molecule has 1 aliphatic rings. The van der Waals surface area contributed by atoms with E-state index >= 15 is 0 Å². The van der Waals surface area contributed by atoms with Crippen molar-refractivity contribution in [2.24, 2.45) is 0 Å². The average molecular weight is 499 g/mol. The van der Waals surface area contributed by atoms with Crippen molar-refractivity contribution in [3.8, 4) is 28.1 Å². The molecule has 1 N–H and O–H groups in total. The minimum absolute atomic E-state index is 0.0850. The lowest BCUT2D eigenvalue weighted by Crippen LogP contribution is -2.49. The minimum Gasteiger partial charge on any atom is -0.496 e. The number of nitrogens with zero attached hydrogens (tertiary/aromatic N) is 5. The van der Waals surface area contributed by atoms with Crippen LogP contribution in [-0.2, 0) is 0 Å².